The van der Waals surface area contributed by atoms with Crippen molar-refractivity contribution in [3.05, 3.63) is 69.3 Å². The molecule has 0 aliphatic carbocycles. The summed E-state index contributed by atoms with van der Waals surface area (Å²) < 4.78 is 10.8. The fraction of sp³-hybridized carbons (Fsp3) is 0.292. The van der Waals surface area contributed by atoms with Crippen LogP contribution < -0.4 is 9.47 Å². The molecule has 0 spiro atoms. The summed E-state index contributed by atoms with van der Waals surface area (Å²) in [5, 5.41) is 30.8. The zero-order valence-electron chi connectivity index (χ0n) is 18.5. The fourth-order valence-corrected chi connectivity index (χ4v) is 4.17. The van der Waals surface area contributed by atoms with Crippen molar-refractivity contribution in [2.45, 2.75) is 31.7 Å². The zero-order valence-corrected chi connectivity index (χ0v) is 18.5. The van der Waals surface area contributed by atoms with Gasteiger partial charge in [0, 0.05) is 30.7 Å². The number of rotatable bonds is 9. The third-order valence-electron chi connectivity index (χ3n) is 5.89. The number of carbonyl (C=O) groups is 3. The van der Waals surface area contributed by atoms with Crippen LogP contribution in [0.25, 0.3) is 5.76 Å². The molecular weight excluding hydrogens is 460 g/mol. The fourth-order valence-electron chi connectivity index (χ4n) is 4.17. The van der Waals surface area contributed by atoms with Crippen molar-refractivity contribution < 1.29 is 39.0 Å². The summed E-state index contributed by atoms with van der Waals surface area (Å²) in [6.07, 6.45) is 1.42. The monoisotopic (exact) mass is 482 g/mol. The number of carboxylic acid groups (broad SMARTS) is 1. The summed E-state index contributed by atoms with van der Waals surface area (Å²) in [5.74, 6) is -2.09. The van der Waals surface area contributed by atoms with Gasteiger partial charge in [-0.25, -0.2) is 0 Å². The van der Waals surface area contributed by atoms with Crippen molar-refractivity contribution >= 4 is 29.1 Å². The molecule has 0 aromatic heterocycles. The summed E-state index contributed by atoms with van der Waals surface area (Å²) in [7, 11) is 0. The zero-order chi connectivity index (χ0) is 25.1. The van der Waals surface area contributed by atoms with Crippen LogP contribution in [0.15, 0.2) is 48.0 Å². The lowest BCUT2D eigenvalue weighted by Crippen LogP contribution is -2.30. The Hall–Kier alpha value is -4.41. The van der Waals surface area contributed by atoms with Crippen molar-refractivity contribution in [2.24, 2.45) is 0 Å². The second kappa shape index (κ2) is 9.84. The summed E-state index contributed by atoms with van der Waals surface area (Å²) in [5.41, 5.74) is 0.340. The predicted molar refractivity (Wildman–Crippen MR) is 121 cm³/mol. The standard InChI is InChI=1S/C24H22N2O9/c27-19(28)4-2-1-3-11-25-21(15-7-10-17-18(12-15)35-13-34-17)20(23(30)24(25)31)22(29)14-5-8-16(9-6-14)26(32)33/h5-10,12,21,29H,1-4,11,13H2,(H,27,28)/t21-/m1/s1. The van der Waals surface area contributed by atoms with Gasteiger partial charge in [0.1, 0.15) is 5.76 Å². The molecule has 0 unspecified atom stereocenters. The van der Waals surface area contributed by atoms with Gasteiger partial charge in [0.25, 0.3) is 17.4 Å². The van der Waals surface area contributed by atoms with Crippen LogP contribution in [0.4, 0.5) is 5.69 Å². The van der Waals surface area contributed by atoms with Gasteiger partial charge in [-0.2, -0.15) is 0 Å². The van der Waals surface area contributed by atoms with Gasteiger partial charge >= 0.3 is 5.97 Å². The lowest BCUT2D eigenvalue weighted by molar-refractivity contribution is -0.384. The summed E-state index contributed by atoms with van der Waals surface area (Å²) in [6, 6.07) is 9.04. The van der Waals surface area contributed by atoms with Crippen molar-refractivity contribution in [3.8, 4) is 11.5 Å². The third kappa shape index (κ3) is 4.79. The smallest absolute Gasteiger partial charge is 0.303 e. The Bertz CT molecular complexity index is 1220. The van der Waals surface area contributed by atoms with E-state index in [1.807, 2.05) is 0 Å². The number of Topliss-reactive ketones (excluding diaryl/α,β-unsaturated/α-hetero) is 1. The second-order valence-electron chi connectivity index (χ2n) is 8.11. The number of ketones is 1. The number of likely N-dealkylation sites (tertiary alicyclic amines) is 1. The molecule has 35 heavy (non-hydrogen) atoms. The maximum atomic E-state index is 13.1. The summed E-state index contributed by atoms with van der Waals surface area (Å²) in [6.45, 7) is 0.200. The van der Waals surface area contributed by atoms with E-state index in [1.54, 1.807) is 18.2 Å². The highest BCUT2D eigenvalue weighted by molar-refractivity contribution is 6.46. The molecule has 1 atom stereocenters. The van der Waals surface area contributed by atoms with Crippen LogP contribution in [0.2, 0.25) is 0 Å². The van der Waals surface area contributed by atoms with Crippen molar-refractivity contribution in [1.29, 1.82) is 0 Å². The summed E-state index contributed by atoms with van der Waals surface area (Å²) >= 11 is 0. The quantitative estimate of drug-likeness (QED) is 0.136. The molecule has 2 aliphatic rings. The van der Waals surface area contributed by atoms with Crippen LogP contribution in [0.1, 0.15) is 42.9 Å². The van der Waals surface area contributed by atoms with Gasteiger partial charge in [-0.3, -0.25) is 24.5 Å². The minimum Gasteiger partial charge on any atom is -0.507 e. The topological polar surface area (TPSA) is 157 Å². The van der Waals surface area contributed by atoms with E-state index < -0.39 is 34.4 Å². The molecule has 2 heterocycles. The molecule has 182 valence electrons. The van der Waals surface area contributed by atoms with Crippen LogP contribution in [0.3, 0.4) is 0 Å². The number of aliphatic carboxylic acids is 1. The molecule has 2 N–H and O–H groups in total. The van der Waals surface area contributed by atoms with E-state index in [4.69, 9.17) is 14.6 Å². The number of fused-ring (bicyclic) bond motifs is 1. The van der Waals surface area contributed by atoms with E-state index >= 15 is 0 Å². The Labute approximate surface area is 199 Å². The normalized spacial score (nSPS) is 18.2. The number of carbonyl (C=O) groups excluding carboxylic acids is 2. The van der Waals surface area contributed by atoms with Crippen LogP contribution in [0, 0.1) is 10.1 Å². The number of aliphatic hydroxyl groups is 1. The number of nitrogens with zero attached hydrogens (tertiary/aromatic N) is 2. The van der Waals surface area contributed by atoms with Crippen molar-refractivity contribution in [1.82, 2.24) is 4.90 Å². The van der Waals surface area contributed by atoms with Crippen LogP contribution in [0.5, 0.6) is 11.5 Å². The number of nitro benzene ring substituents is 1. The minimum atomic E-state index is -0.931. The highest BCUT2D eigenvalue weighted by Crippen LogP contribution is 2.43. The van der Waals surface area contributed by atoms with Crippen LogP contribution in [-0.4, -0.2) is 51.0 Å². The van der Waals surface area contributed by atoms with Gasteiger partial charge in [0.2, 0.25) is 6.79 Å². The molecule has 2 aromatic carbocycles. The Balaban J connectivity index is 1.71. The lowest BCUT2D eigenvalue weighted by Gasteiger charge is -2.25. The summed E-state index contributed by atoms with van der Waals surface area (Å²) in [4.78, 5) is 48.5. The first-order chi connectivity index (χ1) is 16.8. The molecule has 2 aromatic rings. The SMILES string of the molecule is O=C(O)CCCCCN1C(=O)C(=O)C(=C(O)c2ccc([N+](=O)[O-])cc2)[C@H]1c1ccc2c(c1)OCO2. The molecule has 1 fully saturated rings. The number of hydrogen-bond acceptors (Lipinski definition) is 8. The number of carboxylic acids is 1. The van der Waals surface area contributed by atoms with Gasteiger partial charge in [0.15, 0.2) is 11.5 Å². The molecule has 0 bridgehead atoms. The maximum Gasteiger partial charge on any atom is 0.303 e. The molecule has 11 heteroatoms. The third-order valence-corrected chi connectivity index (χ3v) is 5.89. The number of nitro groups is 1. The molecule has 0 radical (unpaired) electrons. The number of aliphatic hydroxyl groups excluding tert-OH is 1. The Kier molecular flexibility index (Phi) is 6.67. The Morgan fingerprint density at radius 2 is 1.74 bits per heavy atom. The average molecular weight is 482 g/mol. The molecule has 1 saturated heterocycles. The average Bonchev–Trinajstić information content (AvgIpc) is 3.40. The van der Waals surface area contributed by atoms with E-state index in [2.05, 4.69) is 0 Å². The van der Waals surface area contributed by atoms with E-state index in [-0.39, 0.29) is 36.6 Å². The van der Waals surface area contributed by atoms with Crippen LogP contribution >= 0.6 is 0 Å². The van der Waals surface area contributed by atoms with E-state index in [0.29, 0.717) is 36.3 Å². The van der Waals surface area contributed by atoms with E-state index in [1.165, 1.54) is 29.2 Å². The molecule has 1 amide bonds. The molecular formula is C24H22N2O9. The van der Waals surface area contributed by atoms with E-state index in [0.717, 1.165) is 0 Å². The van der Waals surface area contributed by atoms with Crippen LogP contribution in [-0.2, 0) is 14.4 Å². The number of ether oxygens (including phenoxy) is 2. The number of non-ortho nitro benzene ring substituents is 1. The predicted octanol–water partition coefficient (Wildman–Crippen LogP) is 3.39. The number of hydrogen-bond donors (Lipinski definition) is 2. The first-order valence-electron chi connectivity index (χ1n) is 10.9. The Morgan fingerprint density at radius 1 is 1.03 bits per heavy atom. The largest absolute Gasteiger partial charge is 0.507 e. The highest BCUT2D eigenvalue weighted by Gasteiger charge is 2.46. The molecule has 2 aliphatic heterocycles. The van der Waals surface area contributed by atoms with Crippen molar-refractivity contribution in [2.75, 3.05) is 13.3 Å². The van der Waals surface area contributed by atoms with Gasteiger partial charge in [-0.05, 0) is 42.7 Å². The van der Waals surface area contributed by atoms with Gasteiger partial charge < -0.3 is 24.6 Å². The molecule has 11 nitrogen and oxygen atoms in total. The van der Waals surface area contributed by atoms with Crippen molar-refractivity contribution in [3.63, 3.8) is 0 Å². The first-order valence-corrected chi connectivity index (χ1v) is 10.9. The highest BCUT2D eigenvalue weighted by atomic mass is 16.7. The number of amides is 1. The number of unbranched alkanes of at least 4 members (excludes halogenated alkanes) is 2. The number of benzene rings is 2. The molecule has 0 saturated carbocycles. The Morgan fingerprint density at radius 3 is 2.43 bits per heavy atom. The van der Waals surface area contributed by atoms with Gasteiger partial charge in [0.05, 0.1) is 16.5 Å². The molecule has 4 rings (SSSR count). The lowest BCUT2D eigenvalue weighted by atomic mass is 9.95. The van der Waals surface area contributed by atoms with Gasteiger partial charge in [-0.15, -0.1) is 0 Å². The van der Waals surface area contributed by atoms with E-state index in [9.17, 15) is 29.6 Å². The minimum absolute atomic E-state index is 0.00452. The second-order valence-corrected chi connectivity index (χ2v) is 8.11. The maximum absolute atomic E-state index is 13.1. The first kappa shape index (κ1) is 23.7. The van der Waals surface area contributed by atoms with Gasteiger partial charge in [-0.1, -0.05) is 12.5 Å².